The summed E-state index contributed by atoms with van der Waals surface area (Å²) in [5.41, 5.74) is 3.86. The first-order chi connectivity index (χ1) is 11.7. The van der Waals surface area contributed by atoms with Crippen LogP contribution in [0, 0.1) is 18.2 Å². The molecule has 120 valence electrons. The van der Waals surface area contributed by atoms with Crippen LogP contribution in [0.1, 0.15) is 12.0 Å². The van der Waals surface area contributed by atoms with Gasteiger partial charge in [0.2, 0.25) is 5.91 Å². The van der Waals surface area contributed by atoms with Crippen molar-refractivity contribution in [3.05, 3.63) is 59.9 Å². The SMILES string of the molecule is C#CCNC(=O)CCc1c(-c2ccc(F)cc2)[nH]c2ccccc12. The zero-order chi connectivity index (χ0) is 16.9. The number of aryl methyl sites for hydroxylation is 1. The van der Waals surface area contributed by atoms with Crippen molar-refractivity contribution < 1.29 is 9.18 Å². The van der Waals surface area contributed by atoms with Gasteiger partial charge in [-0.05, 0) is 47.9 Å². The van der Waals surface area contributed by atoms with Crippen LogP contribution in [-0.4, -0.2) is 17.4 Å². The van der Waals surface area contributed by atoms with Gasteiger partial charge < -0.3 is 10.3 Å². The number of hydrogen-bond acceptors (Lipinski definition) is 1. The summed E-state index contributed by atoms with van der Waals surface area (Å²) < 4.78 is 13.2. The van der Waals surface area contributed by atoms with Crippen molar-refractivity contribution in [3.63, 3.8) is 0 Å². The van der Waals surface area contributed by atoms with E-state index in [0.717, 1.165) is 27.7 Å². The zero-order valence-corrected chi connectivity index (χ0v) is 13.1. The van der Waals surface area contributed by atoms with Crippen LogP contribution >= 0.6 is 0 Å². The maximum atomic E-state index is 13.2. The van der Waals surface area contributed by atoms with E-state index < -0.39 is 0 Å². The number of terminal acetylenes is 1. The quantitative estimate of drug-likeness (QED) is 0.692. The van der Waals surface area contributed by atoms with Crippen molar-refractivity contribution in [1.29, 1.82) is 0 Å². The molecule has 3 rings (SSSR count). The van der Waals surface area contributed by atoms with Gasteiger partial charge in [0, 0.05) is 23.0 Å². The Bertz CT molecular complexity index is 904. The Morgan fingerprint density at radius 1 is 1.17 bits per heavy atom. The fraction of sp³-hybridized carbons (Fsp3) is 0.150. The Kier molecular flexibility index (Phi) is 4.62. The minimum absolute atomic E-state index is 0.0803. The first-order valence-electron chi connectivity index (χ1n) is 7.74. The number of para-hydroxylation sites is 1. The fourth-order valence-electron chi connectivity index (χ4n) is 2.80. The standard InChI is InChI=1S/C20H17FN2O/c1-2-13-22-19(24)12-11-17-16-5-3-4-6-18(16)23-20(17)14-7-9-15(21)10-8-14/h1,3-10,23H,11-13H2,(H,22,24). The molecule has 0 radical (unpaired) electrons. The number of benzene rings is 2. The van der Waals surface area contributed by atoms with Gasteiger partial charge in [-0.3, -0.25) is 4.79 Å². The van der Waals surface area contributed by atoms with Crippen LogP contribution in [0.4, 0.5) is 4.39 Å². The number of fused-ring (bicyclic) bond motifs is 1. The van der Waals surface area contributed by atoms with E-state index in [9.17, 15) is 9.18 Å². The highest BCUT2D eigenvalue weighted by Crippen LogP contribution is 2.31. The zero-order valence-electron chi connectivity index (χ0n) is 13.1. The van der Waals surface area contributed by atoms with Crippen molar-refractivity contribution in [3.8, 4) is 23.6 Å². The Hall–Kier alpha value is -3.06. The minimum Gasteiger partial charge on any atom is -0.354 e. The molecule has 1 heterocycles. The normalized spacial score (nSPS) is 10.5. The van der Waals surface area contributed by atoms with Crippen LogP contribution in [0.3, 0.4) is 0 Å². The van der Waals surface area contributed by atoms with Crippen LogP contribution in [-0.2, 0) is 11.2 Å². The van der Waals surface area contributed by atoms with Crippen LogP contribution in [0.5, 0.6) is 0 Å². The Balaban J connectivity index is 1.95. The molecular formula is C20H17FN2O. The Labute approximate surface area is 139 Å². The number of carbonyl (C=O) groups is 1. The second-order valence-electron chi connectivity index (χ2n) is 5.51. The van der Waals surface area contributed by atoms with Gasteiger partial charge in [0.15, 0.2) is 0 Å². The number of H-pyrrole nitrogens is 1. The van der Waals surface area contributed by atoms with Gasteiger partial charge in [0.1, 0.15) is 5.82 Å². The topological polar surface area (TPSA) is 44.9 Å². The molecule has 3 nitrogen and oxygen atoms in total. The number of carbonyl (C=O) groups excluding carboxylic acids is 1. The van der Waals surface area contributed by atoms with E-state index in [2.05, 4.69) is 16.2 Å². The second-order valence-corrected chi connectivity index (χ2v) is 5.51. The van der Waals surface area contributed by atoms with Gasteiger partial charge in [0.05, 0.1) is 6.54 Å². The first kappa shape index (κ1) is 15.8. The maximum absolute atomic E-state index is 13.2. The van der Waals surface area contributed by atoms with E-state index in [4.69, 9.17) is 6.42 Å². The molecule has 2 N–H and O–H groups in total. The van der Waals surface area contributed by atoms with E-state index in [1.807, 2.05) is 24.3 Å². The molecule has 0 aliphatic rings. The average Bonchev–Trinajstić information content (AvgIpc) is 2.97. The van der Waals surface area contributed by atoms with E-state index in [-0.39, 0.29) is 18.3 Å². The fourth-order valence-corrected chi connectivity index (χ4v) is 2.80. The Morgan fingerprint density at radius 3 is 2.67 bits per heavy atom. The average molecular weight is 320 g/mol. The molecule has 0 saturated heterocycles. The summed E-state index contributed by atoms with van der Waals surface area (Å²) in [6.45, 7) is 0.234. The summed E-state index contributed by atoms with van der Waals surface area (Å²) in [7, 11) is 0. The van der Waals surface area contributed by atoms with Crippen molar-refractivity contribution in [2.45, 2.75) is 12.8 Å². The number of aromatic nitrogens is 1. The third-order valence-electron chi connectivity index (χ3n) is 3.94. The van der Waals surface area contributed by atoms with Crippen molar-refractivity contribution in [2.75, 3.05) is 6.54 Å². The smallest absolute Gasteiger partial charge is 0.221 e. The van der Waals surface area contributed by atoms with E-state index in [1.165, 1.54) is 12.1 Å². The summed E-state index contributed by atoms with van der Waals surface area (Å²) in [6.07, 6.45) is 6.08. The molecule has 0 aliphatic heterocycles. The van der Waals surface area contributed by atoms with Gasteiger partial charge in [-0.2, -0.15) is 0 Å². The third kappa shape index (κ3) is 3.31. The molecule has 0 fully saturated rings. The number of halogens is 1. The molecule has 0 unspecified atom stereocenters. The van der Waals surface area contributed by atoms with Crippen LogP contribution in [0.15, 0.2) is 48.5 Å². The summed E-state index contributed by atoms with van der Waals surface area (Å²) in [6, 6.07) is 14.3. The van der Waals surface area contributed by atoms with Crippen LogP contribution < -0.4 is 5.32 Å². The highest BCUT2D eigenvalue weighted by molar-refractivity contribution is 5.91. The molecule has 3 aromatic rings. The lowest BCUT2D eigenvalue weighted by molar-refractivity contribution is -0.120. The molecule has 4 heteroatoms. The Morgan fingerprint density at radius 2 is 1.92 bits per heavy atom. The minimum atomic E-state index is -0.273. The van der Waals surface area contributed by atoms with Crippen LogP contribution in [0.25, 0.3) is 22.2 Å². The number of nitrogens with one attached hydrogen (secondary N) is 2. The summed E-state index contributed by atoms with van der Waals surface area (Å²) in [5, 5.41) is 3.75. The molecule has 0 spiro atoms. The monoisotopic (exact) mass is 320 g/mol. The van der Waals surface area contributed by atoms with Crippen LogP contribution in [0.2, 0.25) is 0 Å². The predicted octanol–water partition coefficient (Wildman–Crippen LogP) is 3.66. The predicted molar refractivity (Wildman–Crippen MR) is 93.9 cm³/mol. The lowest BCUT2D eigenvalue weighted by atomic mass is 10.0. The molecular weight excluding hydrogens is 303 g/mol. The molecule has 24 heavy (non-hydrogen) atoms. The van der Waals surface area contributed by atoms with E-state index in [1.54, 1.807) is 12.1 Å². The maximum Gasteiger partial charge on any atom is 0.221 e. The molecule has 0 bridgehead atoms. The van der Waals surface area contributed by atoms with Gasteiger partial charge in [0.25, 0.3) is 0 Å². The molecule has 0 atom stereocenters. The first-order valence-corrected chi connectivity index (χ1v) is 7.74. The molecule has 1 amide bonds. The number of rotatable bonds is 5. The number of aromatic amines is 1. The van der Waals surface area contributed by atoms with Crippen molar-refractivity contribution in [2.24, 2.45) is 0 Å². The molecule has 0 saturated carbocycles. The second kappa shape index (κ2) is 7.01. The highest BCUT2D eigenvalue weighted by Gasteiger charge is 2.14. The highest BCUT2D eigenvalue weighted by atomic mass is 19.1. The molecule has 0 aliphatic carbocycles. The summed E-state index contributed by atoms with van der Waals surface area (Å²) >= 11 is 0. The lowest BCUT2D eigenvalue weighted by Gasteiger charge is -2.06. The number of hydrogen-bond donors (Lipinski definition) is 2. The number of amides is 1. The van der Waals surface area contributed by atoms with Gasteiger partial charge in [-0.15, -0.1) is 6.42 Å². The van der Waals surface area contributed by atoms with Gasteiger partial charge in [-0.1, -0.05) is 24.1 Å². The lowest BCUT2D eigenvalue weighted by Crippen LogP contribution is -2.23. The molecule has 2 aromatic carbocycles. The van der Waals surface area contributed by atoms with Crippen molar-refractivity contribution >= 4 is 16.8 Å². The van der Waals surface area contributed by atoms with Gasteiger partial charge in [-0.25, -0.2) is 4.39 Å². The largest absolute Gasteiger partial charge is 0.354 e. The van der Waals surface area contributed by atoms with Gasteiger partial charge >= 0.3 is 0 Å². The van der Waals surface area contributed by atoms with E-state index >= 15 is 0 Å². The third-order valence-corrected chi connectivity index (χ3v) is 3.94. The molecule has 1 aromatic heterocycles. The summed E-state index contributed by atoms with van der Waals surface area (Å²) in [4.78, 5) is 15.2. The van der Waals surface area contributed by atoms with E-state index in [0.29, 0.717) is 12.8 Å². The van der Waals surface area contributed by atoms with Crippen molar-refractivity contribution in [1.82, 2.24) is 10.3 Å². The summed E-state index contributed by atoms with van der Waals surface area (Å²) in [5.74, 6) is 2.04.